The fraction of sp³-hybridized carbons (Fsp3) is 0.381. The van der Waals surface area contributed by atoms with E-state index in [1.807, 2.05) is 6.07 Å². The van der Waals surface area contributed by atoms with Gasteiger partial charge in [0, 0.05) is 16.4 Å². The Morgan fingerprint density at radius 2 is 1.79 bits per heavy atom. The second-order valence-corrected chi connectivity index (χ2v) is 10.4. The Bertz CT molecular complexity index is 938. The summed E-state index contributed by atoms with van der Waals surface area (Å²) in [6.07, 6.45) is 3.86. The molecule has 1 aliphatic rings. The standard InChI is InChI=1S/C21H23BrFNO3S/c22-18-5-3-4-16(12-18)13-28(26,27)14-20(25)24-15-21(10-1-2-11-21)17-6-8-19(23)9-7-17/h3-9,12H,1-2,10-11,13-15H2,(H,24,25). The van der Waals surface area contributed by atoms with Gasteiger partial charge in [0.2, 0.25) is 5.91 Å². The fourth-order valence-corrected chi connectivity index (χ4v) is 5.61. The number of hydrogen-bond donors (Lipinski definition) is 1. The Labute approximate surface area is 173 Å². The van der Waals surface area contributed by atoms with Crippen molar-refractivity contribution in [3.05, 3.63) is 69.9 Å². The molecule has 0 aromatic heterocycles. The topological polar surface area (TPSA) is 63.2 Å². The number of hydrogen-bond acceptors (Lipinski definition) is 3. The summed E-state index contributed by atoms with van der Waals surface area (Å²) in [5, 5.41) is 2.81. The third-order valence-corrected chi connectivity index (χ3v) is 7.24. The number of sulfone groups is 1. The lowest BCUT2D eigenvalue weighted by molar-refractivity contribution is -0.118. The van der Waals surface area contributed by atoms with Crippen LogP contribution in [-0.4, -0.2) is 26.6 Å². The average molecular weight is 468 g/mol. The van der Waals surface area contributed by atoms with Gasteiger partial charge in [0.1, 0.15) is 11.6 Å². The van der Waals surface area contributed by atoms with Gasteiger partial charge in [-0.1, -0.05) is 53.0 Å². The molecule has 3 rings (SSSR count). The summed E-state index contributed by atoms with van der Waals surface area (Å²) in [5.74, 6) is -1.51. The zero-order valence-corrected chi connectivity index (χ0v) is 17.9. The van der Waals surface area contributed by atoms with Crippen LogP contribution in [0.2, 0.25) is 0 Å². The Balaban J connectivity index is 1.62. The lowest BCUT2D eigenvalue weighted by atomic mass is 9.79. The highest BCUT2D eigenvalue weighted by Gasteiger charge is 2.36. The molecule has 1 N–H and O–H groups in total. The van der Waals surface area contributed by atoms with Gasteiger partial charge in [-0.2, -0.15) is 0 Å². The molecule has 2 aromatic carbocycles. The van der Waals surface area contributed by atoms with Crippen molar-refractivity contribution in [2.45, 2.75) is 36.9 Å². The molecule has 150 valence electrons. The SMILES string of the molecule is O=C(CS(=O)(=O)Cc1cccc(Br)c1)NCC1(c2ccc(F)cc2)CCCC1. The van der Waals surface area contributed by atoms with E-state index < -0.39 is 21.5 Å². The quantitative estimate of drug-likeness (QED) is 0.665. The predicted molar refractivity (Wildman–Crippen MR) is 111 cm³/mol. The number of rotatable bonds is 7. The van der Waals surface area contributed by atoms with Crippen molar-refractivity contribution in [3.63, 3.8) is 0 Å². The second kappa shape index (κ2) is 8.74. The van der Waals surface area contributed by atoms with E-state index >= 15 is 0 Å². The first-order valence-corrected chi connectivity index (χ1v) is 11.9. The zero-order chi connectivity index (χ0) is 20.2. The van der Waals surface area contributed by atoms with Gasteiger partial charge in [0.25, 0.3) is 0 Å². The minimum absolute atomic E-state index is 0.178. The van der Waals surface area contributed by atoms with E-state index in [0.717, 1.165) is 35.7 Å². The van der Waals surface area contributed by atoms with Crippen LogP contribution in [0.5, 0.6) is 0 Å². The lowest BCUT2D eigenvalue weighted by Crippen LogP contribution is -2.41. The maximum absolute atomic E-state index is 13.3. The summed E-state index contributed by atoms with van der Waals surface area (Å²) < 4.78 is 38.8. The van der Waals surface area contributed by atoms with E-state index in [0.29, 0.717) is 12.1 Å². The highest BCUT2D eigenvalue weighted by molar-refractivity contribution is 9.10. The first kappa shape index (κ1) is 21.0. The van der Waals surface area contributed by atoms with Crippen molar-refractivity contribution in [1.29, 1.82) is 0 Å². The molecule has 0 radical (unpaired) electrons. The number of nitrogens with one attached hydrogen (secondary N) is 1. The number of carbonyl (C=O) groups excluding carboxylic acids is 1. The van der Waals surface area contributed by atoms with Crippen LogP contribution in [0.4, 0.5) is 4.39 Å². The third kappa shape index (κ3) is 5.41. The van der Waals surface area contributed by atoms with Gasteiger partial charge in [-0.15, -0.1) is 0 Å². The van der Waals surface area contributed by atoms with Crippen LogP contribution in [-0.2, 0) is 25.8 Å². The summed E-state index contributed by atoms with van der Waals surface area (Å²) in [5.41, 5.74) is 1.38. The molecule has 0 spiro atoms. The fourth-order valence-electron chi connectivity index (χ4n) is 3.87. The number of halogens is 2. The van der Waals surface area contributed by atoms with Gasteiger partial charge in [-0.25, -0.2) is 12.8 Å². The molecule has 0 atom stereocenters. The summed E-state index contributed by atoms with van der Waals surface area (Å²) in [6.45, 7) is 0.365. The van der Waals surface area contributed by atoms with Gasteiger partial charge in [-0.05, 0) is 48.2 Å². The lowest BCUT2D eigenvalue weighted by Gasteiger charge is -2.30. The minimum Gasteiger partial charge on any atom is -0.354 e. The Morgan fingerprint density at radius 1 is 1.11 bits per heavy atom. The largest absolute Gasteiger partial charge is 0.354 e. The Hall–Kier alpha value is -1.73. The monoisotopic (exact) mass is 467 g/mol. The van der Waals surface area contributed by atoms with Crippen molar-refractivity contribution in [1.82, 2.24) is 5.32 Å². The van der Waals surface area contributed by atoms with Crippen molar-refractivity contribution in [2.75, 3.05) is 12.3 Å². The van der Waals surface area contributed by atoms with Crippen LogP contribution >= 0.6 is 15.9 Å². The maximum atomic E-state index is 13.3. The molecule has 1 saturated carbocycles. The zero-order valence-electron chi connectivity index (χ0n) is 15.5. The molecule has 0 unspecified atom stereocenters. The van der Waals surface area contributed by atoms with Gasteiger partial charge >= 0.3 is 0 Å². The summed E-state index contributed by atoms with van der Waals surface area (Å²) >= 11 is 3.32. The van der Waals surface area contributed by atoms with Crippen LogP contribution in [0, 0.1) is 5.82 Å². The molecule has 28 heavy (non-hydrogen) atoms. The minimum atomic E-state index is -3.57. The molecule has 1 fully saturated rings. The first-order valence-electron chi connectivity index (χ1n) is 9.26. The smallest absolute Gasteiger partial charge is 0.235 e. The van der Waals surface area contributed by atoms with Crippen LogP contribution in [0.1, 0.15) is 36.8 Å². The van der Waals surface area contributed by atoms with Crippen LogP contribution in [0.25, 0.3) is 0 Å². The van der Waals surface area contributed by atoms with Crippen molar-refractivity contribution in [2.24, 2.45) is 0 Å². The number of amides is 1. The molecule has 1 amide bonds. The van der Waals surface area contributed by atoms with Crippen LogP contribution in [0.3, 0.4) is 0 Å². The summed E-state index contributed by atoms with van der Waals surface area (Å²) in [6, 6.07) is 13.4. The van der Waals surface area contributed by atoms with Crippen molar-refractivity contribution < 1.29 is 17.6 Å². The van der Waals surface area contributed by atoms with Crippen molar-refractivity contribution >= 4 is 31.7 Å². The molecule has 4 nitrogen and oxygen atoms in total. The normalized spacial score (nSPS) is 16.1. The molecule has 1 aliphatic carbocycles. The van der Waals surface area contributed by atoms with Crippen molar-refractivity contribution in [3.8, 4) is 0 Å². The molecule has 2 aromatic rings. The van der Waals surface area contributed by atoms with Crippen LogP contribution < -0.4 is 5.32 Å². The highest BCUT2D eigenvalue weighted by Crippen LogP contribution is 2.40. The van der Waals surface area contributed by atoms with E-state index in [2.05, 4.69) is 21.2 Å². The molecule has 0 bridgehead atoms. The predicted octanol–water partition coefficient (Wildman–Crippen LogP) is 4.13. The number of benzene rings is 2. The van der Waals surface area contributed by atoms with Crippen LogP contribution in [0.15, 0.2) is 53.0 Å². The van der Waals surface area contributed by atoms with Gasteiger partial charge in [0.15, 0.2) is 9.84 Å². The Kier molecular flexibility index (Phi) is 6.55. The molecule has 0 saturated heterocycles. The van der Waals surface area contributed by atoms with Gasteiger partial charge in [-0.3, -0.25) is 4.79 Å². The average Bonchev–Trinajstić information content (AvgIpc) is 3.10. The Morgan fingerprint density at radius 3 is 2.43 bits per heavy atom. The molecular formula is C21H23BrFNO3S. The van der Waals surface area contributed by atoms with Gasteiger partial charge < -0.3 is 5.32 Å². The highest BCUT2D eigenvalue weighted by atomic mass is 79.9. The number of carbonyl (C=O) groups is 1. The van der Waals surface area contributed by atoms with E-state index in [1.54, 1.807) is 30.3 Å². The third-order valence-electron chi connectivity index (χ3n) is 5.27. The van der Waals surface area contributed by atoms with Gasteiger partial charge in [0.05, 0.1) is 5.75 Å². The first-order chi connectivity index (χ1) is 13.3. The molecule has 7 heteroatoms. The maximum Gasteiger partial charge on any atom is 0.235 e. The molecule has 0 aliphatic heterocycles. The van der Waals surface area contributed by atoms with E-state index in [1.165, 1.54) is 12.1 Å². The van der Waals surface area contributed by atoms with E-state index in [4.69, 9.17) is 0 Å². The van der Waals surface area contributed by atoms with E-state index in [9.17, 15) is 17.6 Å². The summed E-state index contributed by atoms with van der Waals surface area (Å²) in [7, 11) is -3.57. The summed E-state index contributed by atoms with van der Waals surface area (Å²) in [4.78, 5) is 12.3. The molecule has 0 heterocycles. The van der Waals surface area contributed by atoms with E-state index in [-0.39, 0.29) is 17.0 Å². The second-order valence-electron chi connectivity index (χ2n) is 7.43. The molecular weight excluding hydrogens is 445 g/mol.